The fourth-order valence-electron chi connectivity index (χ4n) is 1.48. The van der Waals surface area contributed by atoms with E-state index in [1.807, 2.05) is 0 Å². The average molecular weight is 346 g/mol. The highest BCUT2D eigenvalue weighted by Crippen LogP contribution is 2.29. The van der Waals surface area contributed by atoms with Crippen LogP contribution in [0.3, 0.4) is 0 Å². The smallest absolute Gasteiger partial charge is 0.402 e. The maximum Gasteiger partial charge on any atom is 0.402 e. The lowest BCUT2D eigenvalue weighted by atomic mass is 10.4. The molecule has 0 radical (unpaired) electrons. The Hall–Kier alpha value is -1.20. The van der Waals surface area contributed by atoms with Crippen LogP contribution in [0.4, 0.5) is 13.2 Å². The van der Waals surface area contributed by atoms with Crippen molar-refractivity contribution in [2.24, 2.45) is 0 Å². The molecule has 21 heavy (non-hydrogen) atoms. The number of rotatable bonds is 5. The quantitative estimate of drug-likeness (QED) is 0.761. The maximum atomic E-state index is 12.6. The minimum Gasteiger partial charge on any atom is -0.464 e. The molecule has 0 bridgehead atoms. The van der Waals surface area contributed by atoms with Gasteiger partial charge in [0.2, 0.25) is 0 Å². The summed E-state index contributed by atoms with van der Waals surface area (Å²) in [6.45, 7) is 0.968. The molecule has 0 aliphatic rings. The van der Waals surface area contributed by atoms with E-state index in [2.05, 4.69) is 9.72 Å². The molecule has 6 nitrogen and oxygen atoms in total. The van der Waals surface area contributed by atoms with Crippen LogP contribution in [0, 0.1) is 0 Å². The normalized spacial score (nSPS) is 13.0. The van der Waals surface area contributed by atoms with Crippen molar-refractivity contribution in [1.29, 1.82) is 0 Å². The lowest BCUT2D eigenvalue weighted by molar-refractivity contribution is -0.138. The summed E-state index contributed by atoms with van der Waals surface area (Å²) >= 11 is 0.563. The number of aromatic nitrogens is 1. The number of sulfonamides is 1. The molecule has 0 fully saturated rings. The van der Waals surface area contributed by atoms with Gasteiger partial charge in [-0.05, 0) is 13.8 Å². The van der Waals surface area contributed by atoms with Crippen LogP contribution in [0.25, 0.3) is 0 Å². The third-order valence-electron chi connectivity index (χ3n) is 2.37. The Kier molecular flexibility index (Phi) is 5.34. The van der Waals surface area contributed by atoms with Gasteiger partial charge in [0.05, 0.1) is 12.6 Å². The summed E-state index contributed by atoms with van der Waals surface area (Å²) in [6, 6.07) is -0.941. The van der Waals surface area contributed by atoms with Crippen molar-refractivity contribution in [2.45, 2.75) is 30.3 Å². The van der Waals surface area contributed by atoms with E-state index < -0.39 is 44.7 Å². The number of hydrogen-bond donors (Lipinski definition) is 0. The van der Waals surface area contributed by atoms with Gasteiger partial charge in [0.15, 0.2) is 9.90 Å². The van der Waals surface area contributed by atoms with Gasteiger partial charge in [0, 0.05) is 6.04 Å². The lowest BCUT2D eigenvalue weighted by Gasteiger charge is -2.26. The SMILES string of the molecule is COC(=O)c1ncsc1S(=O)(=O)N(CC(F)(F)F)C(C)C. The highest BCUT2D eigenvalue weighted by molar-refractivity contribution is 7.91. The molecule has 0 saturated heterocycles. The molecule has 11 heteroatoms. The Bertz CT molecular complexity index is 610. The summed E-state index contributed by atoms with van der Waals surface area (Å²) in [6.07, 6.45) is -4.70. The topological polar surface area (TPSA) is 76.6 Å². The van der Waals surface area contributed by atoms with Crippen molar-refractivity contribution in [3.63, 3.8) is 0 Å². The highest BCUT2D eigenvalue weighted by Gasteiger charge is 2.41. The number of thiazole rings is 1. The maximum absolute atomic E-state index is 12.6. The lowest BCUT2D eigenvalue weighted by Crippen LogP contribution is -2.43. The van der Waals surface area contributed by atoms with Crippen LogP contribution in [0.1, 0.15) is 24.3 Å². The standard InChI is InChI=1S/C10H13F3N2O4S2/c1-6(2)15(4-10(11,12)13)21(17,18)9-7(8(16)19-3)14-5-20-9/h5-6H,4H2,1-3H3. The molecule has 120 valence electrons. The molecule has 0 atom stereocenters. The van der Waals surface area contributed by atoms with E-state index in [0.29, 0.717) is 11.3 Å². The third-order valence-corrected chi connectivity index (χ3v) is 5.74. The van der Waals surface area contributed by atoms with Crippen LogP contribution in [0.5, 0.6) is 0 Å². The first-order valence-electron chi connectivity index (χ1n) is 5.61. The fraction of sp³-hybridized carbons (Fsp3) is 0.600. The first-order valence-corrected chi connectivity index (χ1v) is 7.93. The number of carbonyl (C=O) groups is 1. The van der Waals surface area contributed by atoms with Crippen molar-refractivity contribution >= 4 is 27.3 Å². The summed E-state index contributed by atoms with van der Waals surface area (Å²) in [5.74, 6) is -1.02. The first-order chi connectivity index (χ1) is 9.50. The molecule has 0 N–H and O–H groups in total. The van der Waals surface area contributed by atoms with E-state index in [9.17, 15) is 26.4 Å². The van der Waals surface area contributed by atoms with Crippen LogP contribution >= 0.6 is 11.3 Å². The van der Waals surface area contributed by atoms with Gasteiger partial charge in [-0.15, -0.1) is 11.3 Å². The monoisotopic (exact) mass is 346 g/mol. The van der Waals surface area contributed by atoms with Crippen molar-refractivity contribution in [3.05, 3.63) is 11.2 Å². The van der Waals surface area contributed by atoms with Gasteiger partial charge in [0.1, 0.15) is 6.54 Å². The summed E-state index contributed by atoms with van der Waals surface area (Å²) in [5, 5.41) is 0. The van der Waals surface area contributed by atoms with Crippen molar-refractivity contribution in [2.75, 3.05) is 13.7 Å². The molecular formula is C10H13F3N2O4S2. The molecule has 0 unspecified atom stereocenters. The molecule has 1 heterocycles. The number of nitrogens with zero attached hydrogens (tertiary/aromatic N) is 2. The summed E-state index contributed by atoms with van der Waals surface area (Å²) in [7, 11) is -3.49. The Morgan fingerprint density at radius 1 is 1.48 bits per heavy atom. The van der Waals surface area contributed by atoms with Crippen LogP contribution in [0.2, 0.25) is 0 Å². The van der Waals surface area contributed by atoms with Crippen molar-refractivity contribution in [3.8, 4) is 0 Å². The van der Waals surface area contributed by atoms with E-state index in [4.69, 9.17) is 0 Å². The second kappa shape index (κ2) is 6.28. The molecule has 0 aliphatic carbocycles. The van der Waals surface area contributed by atoms with E-state index in [1.54, 1.807) is 0 Å². The van der Waals surface area contributed by atoms with Crippen LogP contribution in [0.15, 0.2) is 9.72 Å². The zero-order chi connectivity index (χ0) is 16.4. The number of esters is 1. The predicted molar refractivity (Wildman–Crippen MR) is 68.5 cm³/mol. The number of halogens is 3. The van der Waals surface area contributed by atoms with Crippen LogP contribution in [-0.2, 0) is 14.8 Å². The zero-order valence-electron chi connectivity index (χ0n) is 11.3. The third kappa shape index (κ3) is 4.14. The second-order valence-electron chi connectivity index (χ2n) is 4.24. The molecule has 0 aromatic carbocycles. The van der Waals surface area contributed by atoms with E-state index >= 15 is 0 Å². The Balaban J connectivity index is 3.31. The Morgan fingerprint density at radius 3 is 2.48 bits per heavy atom. The minimum atomic E-state index is -4.70. The van der Waals surface area contributed by atoms with Crippen LogP contribution in [-0.4, -0.2) is 49.5 Å². The molecule has 1 aromatic heterocycles. The first kappa shape index (κ1) is 17.9. The van der Waals surface area contributed by atoms with E-state index in [0.717, 1.165) is 12.6 Å². The van der Waals surface area contributed by atoms with Gasteiger partial charge in [-0.2, -0.15) is 17.5 Å². The minimum absolute atomic E-state index is 0.271. The van der Waals surface area contributed by atoms with Gasteiger partial charge >= 0.3 is 12.1 Å². The van der Waals surface area contributed by atoms with Gasteiger partial charge < -0.3 is 4.74 Å². The predicted octanol–water partition coefficient (Wildman–Crippen LogP) is 1.89. The number of carbonyl (C=O) groups excluding carboxylic acids is 1. The summed E-state index contributed by atoms with van der Waals surface area (Å²) in [5.41, 5.74) is 0.543. The number of methoxy groups -OCH3 is 1. The molecule has 1 rings (SSSR count). The Labute approximate surface area is 123 Å². The number of alkyl halides is 3. The van der Waals surface area contributed by atoms with Crippen LogP contribution < -0.4 is 0 Å². The second-order valence-corrected chi connectivity index (χ2v) is 7.18. The number of hydrogen-bond acceptors (Lipinski definition) is 6. The number of ether oxygens (including phenoxy) is 1. The van der Waals surface area contributed by atoms with Gasteiger partial charge in [-0.1, -0.05) is 0 Å². The molecule has 0 amide bonds. The Morgan fingerprint density at radius 2 is 2.05 bits per heavy atom. The van der Waals surface area contributed by atoms with Gasteiger partial charge in [-0.25, -0.2) is 18.2 Å². The zero-order valence-corrected chi connectivity index (χ0v) is 13.0. The summed E-state index contributed by atoms with van der Waals surface area (Å²) < 4.78 is 66.4. The van der Waals surface area contributed by atoms with Gasteiger partial charge in [-0.3, -0.25) is 0 Å². The average Bonchev–Trinajstić information content (AvgIpc) is 2.83. The van der Waals surface area contributed by atoms with Gasteiger partial charge in [0.25, 0.3) is 10.0 Å². The largest absolute Gasteiger partial charge is 0.464 e. The van der Waals surface area contributed by atoms with E-state index in [-0.39, 0.29) is 4.31 Å². The van der Waals surface area contributed by atoms with Crippen molar-refractivity contribution in [1.82, 2.24) is 9.29 Å². The molecular weight excluding hydrogens is 333 g/mol. The molecule has 0 spiro atoms. The molecule has 1 aromatic rings. The molecule has 0 saturated carbocycles. The van der Waals surface area contributed by atoms with E-state index in [1.165, 1.54) is 13.8 Å². The van der Waals surface area contributed by atoms with Crippen molar-refractivity contribution < 1.29 is 31.1 Å². The summed E-state index contributed by atoms with van der Waals surface area (Å²) in [4.78, 5) is 15.0. The molecule has 0 aliphatic heterocycles. The fourth-order valence-corrected chi connectivity index (χ4v) is 4.35. The highest BCUT2D eigenvalue weighted by atomic mass is 32.2.